The molecule has 1 rings (SSSR count). The van der Waals surface area contributed by atoms with Crippen molar-refractivity contribution in [1.82, 2.24) is 9.97 Å². The molecule has 0 saturated carbocycles. The first kappa shape index (κ1) is 14.0. The highest BCUT2D eigenvalue weighted by Gasteiger charge is 2.17. The predicted molar refractivity (Wildman–Crippen MR) is 74.0 cm³/mol. The topological polar surface area (TPSA) is 41.1 Å². The molecule has 0 radical (unpaired) electrons. The van der Waals surface area contributed by atoms with E-state index in [-0.39, 0.29) is 0 Å². The van der Waals surface area contributed by atoms with Gasteiger partial charge in [0.1, 0.15) is 5.02 Å². The first-order chi connectivity index (χ1) is 8.13. The molecule has 0 aliphatic heterocycles. The zero-order valence-electron chi connectivity index (χ0n) is 11.0. The van der Waals surface area contributed by atoms with E-state index in [1.54, 1.807) is 13.2 Å². The van der Waals surface area contributed by atoms with E-state index in [0.29, 0.717) is 17.0 Å². The molecule has 1 aromatic rings. The van der Waals surface area contributed by atoms with Gasteiger partial charge in [0.25, 0.3) is 0 Å². The number of halogens is 1. The number of hydrogen-bond acceptors (Lipinski definition) is 4. The maximum absolute atomic E-state index is 6.15. The van der Waals surface area contributed by atoms with Crippen molar-refractivity contribution in [3.05, 3.63) is 11.2 Å². The molecule has 0 fully saturated rings. The second-order valence-corrected chi connectivity index (χ2v) is 4.48. The molecule has 1 aromatic heterocycles. The SMILES string of the molecule is CCCC(CC)N(C)c1nc(NC)ncc1Cl. The maximum atomic E-state index is 6.15. The third-order valence-corrected chi connectivity index (χ3v) is 3.19. The van der Waals surface area contributed by atoms with Crippen LogP contribution in [0.4, 0.5) is 11.8 Å². The Labute approximate surface area is 108 Å². The molecule has 96 valence electrons. The van der Waals surface area contributed by atoms with Crippen LogP contribution in [0.2, 0.25) is 5.02 Å². The quantitative estimate of drug-likeness (QED) is 0.849. The summed E-state index contributed by atoms with van der Waals surface area (Å²) >= 11 is 6.15. The third-order valence-electron chi connectivity index (χ3n) is 2.92. The lowest BCUT2D eigenvalue weighted by Crippen LogP contribution is -2.32. The molecular formula is C12H21ClN4. The van der Waals surface area contributed by atoms with Crippen molar-refractivity contribution in [3.63, 3.8) is 0 Å². The van der Waals surface area contributed by atoms with Gasteiger partial charge in [0.05, 0.1) is 6.20 Å². The van der Waals surface area contributed by atoms with Crippen molar-refractivity contribution in [1.29, 1.82) is 0 Å². The molecular weight excluding hydrogens is 236 g/mol. The highest BCUT2D eigenvalue weighted by atomic mass is 35.5. The summed E-state index contributed by atoms with van der Waals surface area (Å²) in [5.74, 6) is 1.40. The van der Waals surface area contributed by atoms with E-state index in [0.717, 1.165) is 25.1 Å². The molecule has 1 heterocycles. The second kappa shape index (κ2) is 6.64. The normalized spacial score (nSPS) is 12.3. The molecule has 0 spiro atoms. The van der Waals surface area contributed by atoms with E-state index < -0.39 is 0 Å². The molecule has 0 aliphatic rings. The van der Waals surface area contributed by atoms with Crippen LogP contribution in [-0.2, 0) is 0 Å². The van der Waals surface area contributed by atoms with E-state index in [9.17, 15) is 0 Å². The van der Waals surface area contributed by atoms with Gasteiger partial charge in [-0.05, 0) is 12.8 Å². The summed E-state index contributed by atoms with van der Waals surface area (Å²) in [4.78, 5) is 10.7. The molecule has 0 aromatic carbocycles. The first-order valence-corrected chi connectivity index (χ1v) is 6.44. The summed E-state index contributed by atoms with van der Waals surface area (Å²) in [7, 11) is 3.84. The molecule has 17 heavy (non-hydrogen) atoms. The molecule has 0 saturated heterocycles. The first-order valence-electron chi connectivity index (χ1n) is 6.07. The molecule has 1 unspecified atom stereocenters. The molecule has 1 N–H and O–H groups in total. The maximum Gasteiger partial charge on any atom is 0.224 e. The number of nitrogens with one attached hydrogen (secondary N) is 1. The fourth-order valence-electron chi connectivity index (χ4n) is 1.90. The fourth-order valence-corrected chi connectivity index (χ4v) is 2.13. The standard InChI is InChI=1S/C12H21ClN4/c1-5-7-9(6-2)17(4)11-10(13)8-15-12(14-3)16-11/h8-9H,5-7H2,1-4H3,(H,14,15,16). The molecule has 1 atom stereocenters. The summed E-state index contributed by atoms with van der Waals surface area (Å²) in [5.41, 5.74) is 0. The Hall–Kier alpha value is -1.03. The smallest absolute Gasteiger partial charge is 0.224 e. The van der Waals surface area contributed by atoms with Gasteiger partial charge in [-0.15, -0.1) is 0 Å². The minimum atomic E-state index is 0.470. The van der Waals surface area contributed by atoms with Crippen molar-refractivity contribution in [2.24, 2.45) is 0 Å². The van der Waals surface area contributed by atoms with Crippen LogP contribution >= 0.6 is 11.6 Å². The Bertz CT molecular complexity index is 356. The van der Waals surface area contributed by atoms with Crippen molar-refractivity contribution in [2.45, 2.75) is 39.2 Å². The number of nitrogens with zero attached hydrogens (tertiary/aromatic N) is 3. The number of anilines is 2. The van der Waals surface area contributed by atoms with Gasteiger partial charge in [-0.25, -0.2) is 4.98 Å². The minimum absolute atomic E-state index is 0.470. The van der Waals surface area contributed by atoms with Crippen molar-refractivity contribution >= 4 is 23.4 Å². The van der Waals surface area contributed by atoms with E-state index >= 15 is 0 Å². The van der Waals surface area contributed by atoms with Crippen LogP contribution in [0, 0.1) is 0 Å². The van der Waals surface area contributed by atoms with Crippen LogP contribution in [-0.4, -0.2) is 30.1 Å². The number of aromatic nitrogens is 2. The number of hydrogen-bond donors (Lipinski definition) is 1. The van der Waals surface area contributed by atoms with E-state index in [2.05, 4.69) is 34.0 Å². The van der Waals surface area contributed by atoms with Gasteiger partial charge in [0.2, 0.25) is 5.95 Å². The van der Waals surface area contributed by atoms with Crippen LogP contribution in [0.15, 0.2) is 6.20 Å². The van der Waals surface area contributed by atoms with Crippen LogP contribution in [0.5, 0.6) is 0 Å². The molecule has 0 aliphatic carbocycles. The average molecular weight is 257 g/mol. The van der Waals surface area contributed by atoms with Crippen LogP contribution in [0.3, 0.4) is 0 Å². The van der Waals surface area contributed by atoms with E-state index in [1.807, 2.05) is 7.05 Å². The van der Waals surface area contributed by atoms with Crippen LogP contribution in [0.1, 0.15) is 33.1 Å². The lowest BCUT2D eigenvalue weighted by Gasteiger charge is -2.28. The van der Waals surface area contributed by atoms with Gasteiger partial charge < -0.3 is 10.2 Å². The van der Waals surface area contributed by atoms with Crippen molar-refractivity contribution < 1.29 is 0 Å². The molecule has 0 amide bonds. The Morgan fingerprint density at radius 3 is 2.71 bits per heavy atom. The monoisotopic (exact) mass is 256 g/mol. The van der Waals surface area contributed by atoms with Gasteiger partial charge in [-0.3, -0.25) is 0 Å². The summed E-state index contributed by atoms with van der Waals surface area (Å²) in [5, 5.41) is 3.53. The third kappa shape index (κ3) is 3.46. The predicted octanol–water partition coefficient (Wildman–Crippen LogP) is 3.19. The fraction of sp³-hybridized carbons (Fsp3) is 0.667. The average Bonchev–Trinajstić information content (AvgIpc) is 2.35. The Balaban J connectivity index is 2.96. The second-order valence-electron chi connectivity index (χ2n) is 4.08. The summed E-state index contributed by atoms with van der Waals surface area (Å²) in [6.45, 7) is 4.38. The van der Waals surface area contributed by atoms with Gasteiger partial charge in [-0.1, -0.05) is 31.9 Å². The molecule has 4 nitrogen and oxygen atoms in total. The Morgan fingerprint density at radius 1 is 1.47 bits per heavy atom. The van der Waals surface area contributed by atoms with Crippen molar-refractivity contribution in [3.8, 4) is 0 Å². The zero-order valence-corrected chi connectivity index (χ0v) is 11.8. The van der Waals surface area contributed by atoms with Crippen molar-refractivity contribution in [2.75, 3.05) is 24.3 Å². The Kier molecular flexibility index (Phi) is 5.48. The highest BCUT2D eigenvalue weighted by molar-refractivity contribution is 6.32. The van der Waals surface area contributed by atoms with Gasteiger partial charge in [0, 0.05) is 20.1 Å². The Morgan fingerprint density at radius 2 is 2.18 bits per heavy atom. The van der Waals surface area contributed by atoms with Crippen LogP contribution in [0.25, 0.3) is 0 Å². The lowest BCUT2D eigenvalue weighted by molar-refractivity contribution is 0.552. The van der Waals surface area contributed by atoms with E-state index in [1.165, 1.54) is 0 Å². The summed E-state index contributed by atoms with van der Waals surface area (Å²) in [6, 6.07) is 0.470. The highest BCUT2D eigenvalue weighted by Crippen LogP contribution is 2.26. The van der Waals surface area contributed by atoms with Gasteiger partial charge in [-0.2, -0.15) is 4.98 Å². The zero-order chi connectivity index (χ0) is 12.8. The molecule has 5 heteroatoms. The summed E-state index contributed by atoms with van der Waals surface area (Å²) in [6.07, 6.45) is 5.02. The van der Waals surface area contributed by atoms with Crippen LogP contribution < -0.4 is 10.2 Å². The molecule has 0 bridgehead atoms. The van der Waals surface area contributed by atoms with E-state index in [4.69, 9.17) is 11.6 Å². The largest absolute Gasteiger partial charge is 0.357 e. The van der Waals surface area contributed by atoms with Gasteiger partial charge in [0.15, 0.2) is 5.82 Å². The minimum Gasteiger partial charge on any atom is -0.357 e. The summed E-state index contributed by atoms with van der Waals surface area (Å²) < 4.78 is 0. The lowest BCUT2D eigenvalue weighted by atomic mass is 10.1. The van der Waals surface area contributed by atoms with Gasteiger partial charge >= 0.3 is 0 Å². The number of rotatable bonds is 6.